The molecule has 0 bridgehead atoms. The highest BCUT2D eigenvalue weighted by atomic mass is 79.9. The van der Waals surface area contributed by atoms with E-state index in [1.165, 1.54) is 0 Å². The lowest BCUT2D eigenvalue weighted by Gasteiger charge is -2.06. The van der Waals surface area contributed by atoms with Crippen LogP contribution in [0.25, 0.3) is 0 Å². The minimum Gasteiger partial charge on any atom is -0.294 e. The molecule has 0 spiro atoms. The third-order valence-electron chi connectivity index (χ3n) is 2.07. The van der Waals surface area contributed by atoms with Crippen LogP contribution >= 0.6 is 31.9 Å². The van der Waals surface area contributed by atoms with Crippen molar-refractivity contribution in [2.75, 3.05) is 5.33 Å². The van der Waals surface area contributed by atoms with Gasteiger partial charge >= 0.3 is 0 Å². The van der Waals surface area contributed by atoms with Gasteiger partial charge in [0.05, 0.1) is 0 Å². The second-order valence-electron chi connectivity index (χ2n) is 3.02. The van der Waals surface area contributed by atoms with E-state index in [-0.39, 0.29) is 5.78 Å². The van der Waals surface area contributed by atoms with E-state index in [4.69, 9.17) is 0 Å². The molecule has 0 aromatic heterocycles. The van der Waals surface area contributed by atoms with Gasteiger partial charge in [-0.1, -0.05) is 44.8 Å². The number of hydrogen-bond donors (Lipinski definition) is 0. The number of carbonyl (C=O) groups is 1. The number of carbonyl (C=O) groups excluding carboxylic acids is 1. The molecule has 0 radical (unpaired) electrons. The molecule has 0 unspecified atom stereocenters. The normalized spacial score (nSPS) is 10.2. The van der Waals surface area contributed by atoms with Crippen molar-refractivity contribution in [2.24, 2.45) is 0 Å². The van der Waals surface area contributed by atoms with Gasteiger partial charge in [0.1, 0.15) is 0 Å². The SMILES string of the molecule is CCc1ccc(Br)cc1C(=O)CCBr. The topological polar surface area (TPSA) is 17.1 Å². The van der Waals surface area contributed by atoms with Gasteiger partial charge in [0.25, 0.3) is 0 Å². The lowest BCUT2D eigenvalue weighted by molar-refractivity contribution is 0.0989. The summed E-state index contributed by atoms with van der Waals surface area (Å²) in [5.41, 5.74) is 1.97. The molecule has 0 saturated carbocycles. The molecule has 0 aliphatic rings. The molecule has 1 aromatic rings. The highest BCUT2D eigenvalue weighted by molar-refractivity contribution is 9.10. The Kier molecular flexibility index (Phi) is 4.82. The van der Waals surface area contributed by atoms with Crippen LogP contribution in [0.1, 0.15) is 29.3 Å². The van der Waals surface area contributed by atoms with Gasteiger partial charge in [0, 0.05) is 21.8 Å². The molecule has 1 nitrogen and oxygen atoms in total. The van der Waals surface area contributed by atoms with Crippen molar-refractivity contribution in [3.8, 4) is 0 Å². The van der Waals surface area contributed by atoms with Crippen LogP contribution in [0.3, 0.4) is 0 Å². The van der Waals surface area contributed by atoms with Crippen molar-refractivity contribution < 1.29 is 4.79 Å². The Morgan fingerprint density at radius 3 is 2.71 bits per heavy atom. The predicted molar refractivity (Wildman–Crippen MR) is 66.3 cm³/mol. The molecule has 3 heteroatoms. The number of alkyl halides is 1. The Morgan fingerprint density at radius 2 is 2.14 bits per heavy atom. The molecule has 0 aliphatic heterocycles. The van der Waals surface area contributed by atoms with Gasteiger partial charge in [-0.15, -0.1) is 0 Å². The number of rotatable bonds is 4. The maximum atomic E-state index is 11.7. The van der Waals surface area contributed by atoms with Gasteiger partial charge in [0.15, 0.2) is 5.78 Å². The Balaban J connectivity index is 3.03. The summed E-state index contributed by atoms with van der Waals surface area (Å²) >= 11 is 6.66. The minimum atomic E-state index is 0.208. The highest BCUT2D eigenvalue weighted by Gasteiger charge is 2.09. The lowest BCUT2D eigenvalue weighted by Crippen LogP contribution is -2.03. The molecule has 0 aliphatic carbocycles. The average Bonchev–Trinajstić information content (AvgIpc) is 2.18. The summed E-state index contributed by atoms with van der Waals surface area (Å²) in [6.45, 7) is 2.06. The third kappa shape index (κ3) is 2.92. The number of ketones is 1. The van der Waals surface area contributed by atoms with Crippen LogP contribution in [-0.4, -0.2) is 11.1 Å². The summed E-state index contributed by atoms with van der Waals surface area (Å²) in [6, 6.07) is 5.89. The fourth-order valence-corrected chi connectivity index (χ4v) is 2.06. The largest absolute Gasteiger partial charge is 0.294 e. The Bertz CT molecular complexity index is 334. The summed E-state index contributed by atoms with van der Waals surface area (Å²) in [7, 11) is 0. The first-order valence-corrected chi connectivity index (χ1v) is 6.48. The van der Waals surface area contributed by atoms with Crippen molar-refractivity contribution >= 4 is 37.6 Å². The zero-order valence-corrected chi connectivity index (χ0v) is 11.2. The van der Waals surface area contributed by atoms with Gasteiger partial charge in [0.2, 0.25) is 0 Å². The highest BCUT2D eigenvalue weighted by Crippen LogP contribution is 2.19. The molecule has 0 amide bonds. The van der Waals surface area contributed by atoms with Gasteiger partial charge in [-0.2, -0.15) is 0 Å². The van der Waals surface area contributed by atoms with Gasteiger partial charge < -0.3 is 0 Å². The first-order valence-electron chi connectivity index (χ1n) is 4.56. The van der Waals surface area contributed by atoms with Crippen LogP contribution in [0.5, 0.6) is 0 Å². The van der Waals surface area contributed by atoms with E-state index in [1.807, 2.05) is 18.2 Å². The first-order chi connectivity index (χ1) is 6.69. The molecule has 0 fully saturated rings. The molecule has 0 N–H and O–H groups in total. The number of hydrogen-bond acceptors (Lipinski definition) is 1. The summed E-state index contributed by atoms with van der Waals surface area (Å²) in [5.74, 6) is 0.208. The van der Waals surface area contributed by atoms with Gasteiger partial charge in [-0.25, -0.2) is 0 Å². The van der Waals surface area contributed by atoms with E-state index in [0.717, 1.165) is 27.4 Å². The number of benzene rings is 1. The summed E-state index contributed by atoms with van der Waals surface area (Å²) in [4.78, 5) is 11.7. The quantitative estimate of drug-likeness (QED) is 0.606. The van der Waals surface area contributed by atoms with Crippen molar-refractivity contribution in [1.82, 2.24) is 0 Å². The van der Waals surface area contributed by atoms with Crippen LogP contribution in [0.4, 0.5) is 0 Å². The van der Waals surface area contributed by atoms with Crippen LogP contribution < -0.4 is 0 Å². The fourth-order valence-electron chi connectivity index (χ4n) is 1.34. The number of Topliss-reactive ketones (excluding diaryl/α,β-unsaturated/α-hetero) is 1. The summed E-state index contributed by atoms with van der Waals surface area (Å²) < 4.78 is 0.965. The van der Waals surface area contributed by atoms with Gasteiger partial charge in [-0.3, -0.25) is 4.79 Å². The standard InChI is InChI=1S/C11H12Br2O/c1-2-8-3-4-9(13)7-10(8)11(14)5-6-12/h3-4,7H,2,5-6H2,1H3. The fraction of sp³-hybridized carbons (Fsp3) is 0.364. The van der Waals surface area contributed by atoms with E-state index in [1.54, 1.807) is 0 Å². The van der Waals surface area contributed by atoms with E-state index < -0.39 is 0 Å². The third-order valence-corrected chi connectivity index (χ3v) is 2.96. The number of halogens is 2. The molecule has 0 heterocycles. The first kappa shape index (κ1) is 11.9. The number of aryl methyl sites for hydroxylation is 1. The molecule has 76 valence electrons. The van der Waals surface area contributed by atoms with E-state index in [9.17, 15) is 4.79 Å². The van der Waals surface area contributed by atoms with Crippen LogP contribution in [0.2, 0.25) is 0 Å². The minimum absolute atomic E-state index is 0.208. The molecule has 14 heavy (non-hydrogen) atoms. The average molecular weight is 320 g/mol. The van der Waals surface area contributed by atoms with Crippen molar-refractivity contribution in [3.63, 3.8) is 0 Å². The monoisotopic (exact) mass is 318 g/mol. The Labute approximate surface area is 101 Å². The lowest BCUT2D eigenvalue weighted by atomic mass is 10.0. The van der Waals surface area contributed by atoms with Crippen LogP contribution in [-0.2, 0) is 6.42 Å². The van der Waals surface area contributed by atoms with Crippen molar-refractivity contribution in [2.45, 2.75) is 19.8 Å². The molecule has 1 aromatic carbocycles. The van der Waals surface area contributed by atoms with E-state index in [2.05, 4.69) is 38.8 Å². The molecular formula is C11H12Br2O. The van der Waals surface area contributed by atoms with Crippen LogP contribution in [0.15, 0.2) is 22.7 Å². The Hall–Kier alpha value is -0.150. The Morgan fingerprint density at radius 1 is 1.43 bits per heavy atom. The summed E-state index contributed by atoms with van der Waals surface area (Å²) in [6.07, 6.45) is 1.46. The molecule has 0 atom stereocenters. The van der Waals surface area contributed by atoms with Crippen LogP contribution in [0, 0.1) is 0 Å². The predicted octanol–water partition coefficient (Wildman–Crippen LogP) is 3.98. The maximum absolute atomic E-state index is 11.7. The van der Waals surface area contributed by atoms with E-state index in [0.29, 0.717) is 6.42 Å². The second-order valence-corrected chi connectivity index (χ2v) is 4.73. The molecular weight excluding hydrogens is 308 g/mol. The zero-order valence-electron chi connectivity index (χ0n) is 8.02. The van der Waals surface area contributed by atoms with Crippen molar-refractivity contribution in [1.29, 1.82) is 0 Å². The van der Waals surface area contributed by atoms with E-state index >= 15 is 0 Å². The molecule has 1 rings (SSSR count). The van der Waals surface area contributed by atoms with Gasteiger partial charge in [-0.05, 0) is 24.1 Å². The summed E-state index contributed by atoms with van der Waals surface area (Å²) in [5, 5.41) is 0.724. The van der Waals surface area contributed by atoms with Crippen molar-refractivity contribution in [3.05, 3.63) is 33.8 Å². The molecule has 0 saturated heterocycles. The smallest absolute Gasteiger partial charge is 0.164 e. The second kappa shape index (κ2) is 5.66. The zero-order chi connectivity index (χ0) is 10.6. The maximum Gasteiger partial charge on any atom is 0.164 e.